The number of rotatable bonds is 6. The first-order valence-corrected chi connectivity index (χ1v) is 5.69. The Morgan fingerprint density at radius 2 is 2.31 bits per heavy atom. The number of nitrogens with one attached hydrogen (secondary N) is 1. The van der Waals surface area contributed by atoms with Crippen molar-refractivity contribution < 1.29 is 19.4 Å². The number of carbonyl (C=O) groups is 2. The third-order valence-corrected chi connectivity index (χ3v) is 2.84. The van der Waals surface area contributed by atoms with E-state index in [1.807, 2.05) is 0 Å². The van der Waals surface area contributed by atoms with Gasteiger partial charge in [0.1, 0.15) is 0 Å². The SMILES string of the molecule is CC(CCCNC(=O)C1CCOC1)C(=O)O. The number of carbonyl (C=O) groups excluding carboxylic acids is 1. The van der Waals surface area contributed by atoms with E-state index in [2.05, 4.69) is 5.32 Å². The summed E-state index contributed by atoms with van der Waals surface area (Å²) in [6.45, 7) is 3.40. The first-order valence-electron chi connectivity index (χ1n) is 5.69. The van der Waals surface area contributed by atoms with Crippen LogP contribution in [0.15, 0.2) is 0 Å². The lowest BCUT2D eigenvalue weighted by atomic mass is 10.1. The van der Waals surface area contributed by atoms with E-state index in [1.165, 1.54) is 0 Å². The number of carboxylic acids is 1. The molecule has 1 saturated heterocycles. The van der Waals surface area contributed by atoms with Gasteiger partial charge in [0.05, 0.1) is 18.4 Å². The summed E-state index contributed by atoms with van der Waals surface area (Å²) in [5.41, 5.74) is 0. The van der Waals surface area contributed by atoms with E-state index in [0.717, 1.165) is 6.42 Å². The van der Waals surface area contributed by atoms with Gasteiger partial charge in [-0.25, -0.2) is 0 Å². The van der Waals surface area contributed by atoms with Crippen molar-refractivity contribution in [1.29, 1.82) is 0 Å². The monoisotopic (exact) mass is 229 g/mol. The maximum atomic E-state index is 11.5. The molecule has 1 aliphatic heterocycles. The number of amides is 1. The molecule has 1 fully saturated rings. The maximum Gasteiger partial charge on any atom is 0.306 e. The van der Waals surface area contributed by atoms with E-state index in [4.69, 9.17) is 9.84 Å². The Morgan fingerprint density at radius 1 is 1.56 bits per heavy atom. The van der Waals surface area contributed by atoms with Gasteiger partial charge in [0.2, 0.25) is 5.91 Å². The van der Waals surface area contributed by atoms with Crippen LogP contribution in [0.4, 0.5) is 0 Å². The van der Waals surface area contributed by atoms with Gasteiger partial charge in [-0.05, 0) is 19.3 Å². The van der Waals surface area contributed by atoms with E-state index in [0.29, 0.717) is 32.6 Å². The van der Waals surface area contributed by atoms with Crippen molar-refractivity contribution in [3.05, 3.63) is 0 Å². The highest BCUT2D eigenvalue weighted by molar-refractivity contribution is 5.78. The van der Waals surface area contributed by atoms with Gasteiger partial charge in [0.25, 0.3) is 0 Å². The molecule has 92 valence electrons. The van der Waals surface area contributed by atoms with E-state index in [-0.39, 0.29) is 17.7 Å². The summed E-state index contributed by atoms with van der Waals surface area (Å²) >= 11 is 0. The van der Waals surface area contributed by atoms with Crippen molar-refractivity contribution in [1.82, 2.24) is 5.32 Å². The molecule has 1 aliphatic rings. The summed E-state index contributed by atoms with van der Waals surface area (Å²) in [4.78, 5) is 22.0. The molecular formula is C11H19NO4. The molecule has 0 spiro atoms. The number of hydrogen-bond donors (Lipinski definition) is 2. The predicted octanol–water partition coefficient (Wildman–Crippen LogP) is 0.640. The van der Waals surface area contributed by atoms with Crippen molar-refractivity contribution in [2.75, 3.05) is 19.8 Å². The molecular weight excluding hydrogens is 210 g/mol. The van der Waals surface area contributed by atoms with Gasteiger partial charge < -0.3 is 15.2 Å². The van der Waals surface area contributed by atoms with E-state index in [9.17, 15) is 9.59 Å². The predicted molar refractivity (Wildman–Crippen MR) is 58.0 cm³/mol. The molecule has 2 unspecified atom stereocenters. The molecule has 1 heterocycles. The van der Waals surface area contributed by atoms with Crippen LogP contribution in [0, 0.1) is 11.8 Å². The van der Waals surface area contributed by atoms with Crippen LogP contribution in [0.3, 0.4) is 0 Å². The molecule has 1 amide bonds. The van der Waals surface area contributed by atoms with Crippen LogP contribution in [-0.4, -0.2) is 36.7 Å². The summed E-state index contributed by atoms with van der Waals surface area (Å²) in [5, 5.41) is 11.5. The minimum Gasteiger partial charge on any atom is -0.481 e. The third kappa shape index (κ3) is 4.18. The first-order chi connectivity index (χ1) is 7.61. The third-order valence-electron chi connectivity index (χ3n) is 2.84. The van der Waals surface area contributed by atoms with Gasteiger partial charge in [-0.1, -0.05) is 6.92 Å². The fraction of sp³-hybridized carbons (Fsp3) is 0.818. The Morgan fingerprint density at radius 3 is 2.88 bits per heavy atom. The maximum absolute atomic E-state index is 11.5. The molecule has 5 heteroatoms. The van der Waals surface area contributed by atoms with Crippen LogP contribution < -0.4 is 5.32 Å². The van der Waals surface area contributed by atoms with E-state index in [1.54, 1.807) is 6.92 Å². The molecule has 16 heavy (non-hydrogen) atoms. The zero-order valence-electron chi connectivity index (χ0n) is 9.57. The summed E-state index contributed by atoms with van der Waals surface area (Å²) in [5.74, 6) is -1.11. The molecule has 2 N–H and O–H groups in total. The van der Waals surface area contributed by atoms with Crippen LogP contribution in [0.5, 0.6) is 0 Å². The van der Waals surface area contributed by atoms with Gasteiger partial charge >= 0.3 is 5.97 Å². The largest absolute Gasteiger partial charge is 0.481 e. The zero-order valence-corrected chi connectivity index (χ0v) is 9.57. The minimum atomic E-state index is -0.782. The smallest absolute Gasteiger partial charge is 0.306 e. The van der Waals surface area contributed by atoms with Gasteiger partial charge in [0, 0.05) is 13.2 Å². The molecule has 0 aromatic rings. The number of carboxylic acid groups (broad SMARTS) is 1. The minimum absolute atomic E-state index is 0.0168. The van der Waals surface area contributed by atoms with Crippen LogP contribution >= 0.6 is 0 Å². The molecule has 0 radical (unpaired) electrons. The molecule has 5 nitrogen and oxygen atoms in total. The van der Waals surface area contributed by atoms with Crippen LogP contribution in [0.25, 0.3) is 0 Å². The Bertz CT molecular complexity index is 248. The highest BCUT2D eigenvalue weighted by Crippen LogP contribution is 2.12. The van der Waals surface area contributed by atoms with Gasteiger partial charge in [-0.15, -0.1) is 0 Å². The summed E-state index contributed by atoms with van der Waals surface area (Å²) in [6.07, 6.45) is 2.08. The summed E-state index contributed by atoms with van der Waals surface area (Å²) in [7, 11) is 0. The fourth-order valence-electron chi connectivity index (χ4n) is 1.63. The normalized spacial score (nSPS) is 21.7. The molecule has 2 atom stereocenters. The molecule has 0 bridgehead atoms. The van der Waals surface area contributed by atoms with Crippen LogP contribution in [0.2, 0.25) is 0 Å². The topological polar surface area (TPSA) is 75.6 Å². The summed E-state index contributed by atoms with van der Waals surface area (Å²) in [6, 6.07) is 0. The second-order valence-corrected chi connectivity index (χ2v) is 4.23. The molecule has 0 aromatic heterocycles. The second-order valence-electron chi connectivity index (χ2n) is 4.23. The second kappa shape index (κ2) is 6.48. The fourth-order valence-corrected chi connectivity index (χ4v) is 1.63. The average molecular weight is 229 g/mol. The Labute approximate surface area is 95.2 Å². The van der Waals surface area contributed by atoms with Gasteiger partial charge in [0.15, 0.2) is 0 Å². The van der Waals surface area contributed by atoms with E-state index < -0.39 is 5.97 Å². The van der Waals surface area contributed by atoms with E-state index >= 15 is 0 Å². The van der Waals surface area contributed by atoms with Crippen molar-refractivity contribution in [3.63, 3.8) is 0 Å². The van der Waals surface area contributed by atoms with Crippen molar-refractivity contribution in [2.45, 2.75) is 26.2 Å². The molecule has 0 aromatic carbocycles. The average Bonchev–Trinajstić information content (AvgIpc) is 2.76. The lowest BCUT2D eigenvalue weighted by Crippen LogP contribution is -2.31. The Balaban J connectivity index is 2.06. The Kier molecular flexibility index (Phi) is 5.25. The lowest BCUT2D eigenvalue weighted by Gasteiger charge is -2.10. The zero-order chi connectivity index (χ0) is 12.0. The first kappa shape index (κ1) is 13.0. The van der Waals surface area contributed by atoms with Crippen molar-refractivity contribution >= 4 is 11.9 Å². The summed E-state index contributed by atoms with van der Waals surface area (Å²) < 4.78 is 5.12. The molecule has 0 aliphatic carbocycles. The lowest BCUT2D eigenvalue weighted by molar-refractivity contribution is -0.141. The highest BCUT2D eigenvalue weighted by atomic mass is 16.5. The highest BCUT2D eigenvalue weighted by Gasteiger charge is 2.22. The number of aliphatic carboxylic acids is 1. The quantitative estimate of drug-likeness (QED) is 0.655. The van der Waals surface area contributed by atoms with Crippen molar-refractivity contribution in [3.8, 4) is 0 Å². The standard InChI is InChI=1S/C11H19NO4/c1-8(11(14)15)3-2-5-12-10(13)9-4-6-16-7-9/h8-9H,2-7H2,1H3,(H,12,13)(H,14,15). The number of hydrogen-bond acceptors (Lipinski definition) is 3. The Hall–Kier alpha value is -1.10. The number of ether oxygens (including phenoxy) is 1. The van der Waals surface area contributed by atoms with Crippen LogP contribution in [-0.2, 0) is 14.3 Å². The van der Waals surface area contributed by atoms with Crippen molar-refractivity contribution in [2.24, 2.45) is 11.8 Å². The van der Waals surface area contributed by atoms with Crippen LogP contribution in [0.1, 0.15) is 26.2 Å². The molecule has 1 rings (SSSR count). The molecule has 0 saturated carbocycles. The van der Waals surface area contributed by atoms with Gasteiger partial charge in [-0.3, -0.25) is 9.59 Å². The van der Waals surface area contributed by atoms with Gasteiger partial charge in [-0.2, -0.15) is 0 Å².